The molecule has 1 atom stereocenters. The van der Waals surface area contributed by atoms with Crippen molar-refractivity contribution in [3.05, 3.63) is 0 Å². The average Bonchev–Trinajstić information content (AvgIpc) is 2.22. The van der Waals surface area contributed by atoms with E-state index >= 15 is 0 Å². The summed E-state index contributed by atoms with van der Waals surface area (Å²) in [5.74, 6) is -0.214. The number of esters is 1. The molecule has 0 heterocycles. The molecule has 0 saturated heterocycles. The molecular formula is C12H22O4. The van der Waals surface area contributed by atoms with Crippen molar-refractivity contribution in [1.29, 1.82) is 0 Å². The van der Waals surface area contributed by atoms with Crippen LogP contribution in [0.2, 0.25) is 0 Å². The lowest BCUT2D eigenvalue weighted by Crippen LogP contribution is -2.30. The molecule has 0 fully saturated rings. The fraction of sp³-hybridized carbons (Fsp3) is 0.833. The number of ether oxygens (including phenoxy) is 2. The Hall–Kier alpha value is -0.900. The van der Waals surface area contributed by atoms with E-state index in [4.69, 9.17) is 9.47 Å². The lowest BCUT2D eigenvalue weighted by atomic mass is 10.00. The van der Waals surface area contributed by atoms with Gasteiger partial charge in [0.1, 0.15) is 6.10 Å². The summed E-state index contributed by atoms with van der Waals surface area (Å²) in [5.41, 5.74) is 0. The van der Waals surface area contributed by atoms with Gasteiger partial charge >= 0.3 is 5.97 Å². The van der Waals surface area contributed by atoms with Crippen molar-refractivity contribution in [2.75, 3.05) is 13.2 Å². The summed E-state index contributed by atoms with van der Waals surface area (Å²) in [6, 6.07) is 0. The van der Waals surface area contributed by atoms with Gasteiger partial charge in [-0.15, -0.1) is 0 Å². The van der Waals surface area contributed by atoms with Crippen molar-refractivity contribution in [3.8, 4) is 0 Å². The molecule has 0 aromatic rings. The van der Waals surface area contributed by atoms with E-state index < -0.39 is 6.10 Å². The second-order valence-corrected chi connectivity index (χ2v) is 3.89. The molecule has 16 heavy (non-hydrogen) atoms. The number of hydrogen-bond acceptors (Lipinski definition) is 4. The largest absolute Gasteiger partial charge is 0.466 e. The highest BCUT2D eigenvalue weighted by atomic mass is 16.5. The third-order valence-corrected chi connectivity index (χ3v) is 2.15. The molecule has 0 spiro atoms. The predicted octanol–water partition coefficient (Wildman–Crippen LogP) is 1.96. The third kappa shape index (κ3) is 5.85. The zero-order chi connectivity index (χ0) is 12.6. The summed E-state index contributed by atoms with van der Waals surface area (Å²) < 4.78 is 10.1. The summed E-state index contributed by atoms with van der Waals surface area (Å²) in [7, 11) is 0. The minimum atomic E-state index is -0.403. The highest BCUT2D eigenvalue weighted by Crippen LogP contribution is 2.11. The summed E-state index contributed by atoms with van der Waals surface area (Å²) in [5, 5.41) is 0. The minimum absolute atomic E-state index is 0.0232. The Balaban J connectivity index is 4.05. The number of ketones is 1. The van der Waals surface area contributed by atoms with Crippen LogP contribution in [0.3, 0.4) is 0 Å². The number of carbonyl (C=O) groups is 2. The van der Waals surface area contributed by atoms with Gasteiger partial charge in [-0.2, -0.15) is 0 Å². The van der Waals surface area contributed by atoms with Crippen LogP contribution in [0.5, 0.6) is 0 Å². The van der Waals surface area contributed by atoms with Gasteiger partial charge in [-0.3, -0.25) is 9.59 Å². The molecule has 0 radical (unpaired) electrons. The van der Waals surface area contributed by atoms with Crippen LogP contribution in [0, 0.1) is 5.92 Å². The first-order chi connectivity index (χ1) is 7.52. The number of carbonyl (C=O) groups excluding carboxylic acids is 2. The maximum absolute atomic E-state index is 11.8. The van der Waals surface area contributed by atoms with Crippen LogP contribution in [0.4, 0.5) is 0 Å². The van der Waals surface area contributed by atoms with Crippen molar-refractivity contribution in [2.24, 2.45) is 5.92 Å². The summed E-state index contributed by atoms with van der Waals surface area (Å²) in [4.78, 5) is 22.8. The summed E-state index contributed by atoms with van der Waals surface area (Å²) in [6.07, 6.45) is -0.0654. The molecule has 0 aromatic carbocycles. The fourth-order valence-corrected chi connectivity index (χ4v) is 1.44. The van der Waals surface area contributed by atoms with Gasteiger partial charge in [0, 0.05) is 13.0 Å². The third-order valence-electron chi connectivity index (χ3n) is 2.15. The van der Waals surface area contributed by atoms with Gasteiger partial charge in [0.2, 0.25) is 0 Å². The maximum atomic E-state index is 11.8. The number of hydrogen-bond donors (Lipinski definition) is 0. The van der Waals surface area contributed by atoms with Crippen LogP contribution in [0.25, 0.3) is 0 Å². The standard InChI is InChI=1S/C12H22O4/c1-5-15-11(14)8-7-10(13)12(9(3)4)16-6-2/h9,12H,5-8H2,1-4H3. The van der Waals surface area contributed by atoms with Crippen molar-refractivity contribution in [2.45, 2.75) is 46.6 Å². The monoisotopic (exact) mass is 230 g/mol. The van der Waals surface area contributed by atoms with Gasteiger partial charge in [-0.05, 0) is 19.8 Å². The van der Waals surface area contributed by atoms with Crippen LogP contribution < -0.4 is 0 Å². The molecule has 94 valence electrons. The first kappa shape index (κ1) is 15.1. The molecule has 0 N–H and O–H groups in total. The Bertz CT molecular complexity index is 223. The fourth-order valence-electron chi connectivity index (χ4n) is 1.44. The molecule has 0 rings (SSSR count). The van der Waals surface area contributed by atoms with E-state index in [2.05, 4.69) is 0 Å². The normalized spacial score (nSPS) is 12.6. The Kier molecular flexibility index (Phi) is 7.81. The van der Waals surface area contributed by atoms with Crippen molar-refractivity contribution in [1.82, 2.24) is 0 Å². The summed E-state index contributed by atoms with van der Waals surface area (Å²) >= 11 is 0. The number of Topliss-reactive ketones (excluding diaryl/α,β-unsaturated/α-hetero) is 1. The molecule has 0 aliphatic heterocycles. The number of rotatable bonds is 8. The second kappa shape index (κ2) is 8.28. The van der Waals surface area contributed by atoms with Gasteiger partial charge in [0.25, 0.3) is 0 Å². The topological polar surface area (TPSA) is 52.6 Å². The first-order valence-corrected chi connectivity index (χ1v) is 5.82. The SMILES string of the molecule is CCOC(=O)CCC(=O)C(OCC)C(C)C. The molecule has 4 nitrogen and oxygen atoms in total. The summed E-state index contributed by atoms with van der Waals surface area (Å²) in [6.45, 7) is 8.33. The van der Waals surface area contributed by atoms with Crippen LogP contribution >= 0.6 is 0 Å². The molecule has 0 aliphatic carbocycles. The predicted molar refractivity (Wildman–Crippen MR) is 61.1 cm³/mol. The smallest absolute Gasteiger partial charge is 0.306 e. The molecule has 0 aromatic heterocycles. The Labute approximate surface area is 97.3 Å². The van der Waals surface area contributed by atoms with Crippen LogP contribution in [0.1, 0.15) is 40.5 Å². The van der Waals surface area contributed by atoms with Crippen molar-refractivity contribution >= 4 is 11.8 Å². The lowest BCUT2D eigenvalue weighted by Gasteiger charge is -2.19. The molecule has 1 unspecified atom stereocenters. The quantitative estimate of drug-likeness (QED) is 0.598. The van der Waals surface area contributed by atoms with E-state index in [1.165, 1.54) is 0 Å². The highest BCUT2D eigenvalue weighted by Gasteiger charge is 2.22. The van der Waals surface area contributed by atoms with Crippen molar-refractivity contribution in [3.63, 3.8) is 0 Å². The molecule has 0 saturated carbocycles. The maximum Gasteiger partial charge on any atom is 0.306 e. The average molecular weight is 230 g/mol. The first-order valence-electron chi connectivity index (χ1n) is 5.82. The zero-order valence-electron chi connectivity index (χ0n) is 10.6. The van der Waals surface area contributed by atoms with E-state index in [0.717, 1.165) is 0 Å². The van der Waals surface area contributed by atoms with E-state index in [1.807, 2.05) is 20.8 Å². The Morgan fingerprint density at radius 1 is 1.06 bits per heavy atom. The lowest BCUT2D eigenvalue weighted by molar-refractivity contribution is -0.145. The Morgan fingerprint density at radius 3 is 2.12 bits per heavy atom. The van der Waals surface area contributed by atoms with Gasteiger partial charge in [-0.1, -0.05) is 13.8 Å². The second-order valence-electron chi connectivity index (χ2n) is 3.89. The van der Waals surface area contributed by atoms with E-state index in [-0.39, 0.29) is 30.5 Å². The molecule has 0 bridgehead atoms. The Morgan fingerprint density at radius 2 is 1.69 bits per heavy atom. The van der Waals surface area contributed by atoms with Crippen LogP contribution in [-0.2, 0) is 19.1 Å². The molecular weight excluding hydrogens is 208 g/mol. The van der Waals surface area contributed by atoms with Crippen molar-refractivity contribution < 1.29 is 19.1 Å². The van der Waals surface area contributed by atoms with Gasteiger partial charge in [-0.25, -0.2) is 0 Å². The molecule has 0 amide bonds. The van der Waals surface area contributed by atoms with Gasteiger partial charge < -0.3 is 9.47 Å². The van der Waals surface area contributed by atoms with E-state index in [9.17, 15) is 9.59 Å². The van der Waals surface area contributed by atoms with E-state index in [0.29, 0.717) is 13.2 Å². The van der Waals surface area contributed by atoms with Crippen LogP contribution in [0.15, 0.2) is 0 Å². The van der Waals surface area contributed by atoms with Gasteiger partial charge in [0.15, 0.2) is 5.78 Å². The molecule has 4 heteroatoms. The minimum Gasteiger partial charge on any atom is -0.466 e. The van der Waals surface area contributed by atoms with E-state index in [1.54, 1.807) is 6.92 Å². The van der Waals surface area contributed by atoms with Gasteiger partial charge in [0.05, 0.1) is 13.0 Å². The zero-order valence-corrected chi connectivity index (χ0v) is 10.6. The van der Waals surface area contributed by atoms with Crippen LogP contribution in [-0.4, -0.2) is 31.1 Å². The highest BCUT2D eigenvalue weighted by molar-refractivity contribution is 5.86. The molecule has 0 aliphatic rings.